The molecule has 0 aliphatic heterocycles. The van der Waals surface area contributed by atoms with Gasteiger partial charge in [-0.2, -0.15) is 0 Å². The molecule has 0 fully saturated rings. The van der Waals surface area contributed by atoms with Crippen LogP contribution in [0.4, 0.5) is 10.5 Å². The SMILES string of the molecule is CC(C)Oc1ccc(NC(=O)NCCc2ccc(Cl)cc2)cc1. The van der Waals surface area contributed by atoms with Gasteiger partial charge in [-0.05, 0) is 62.2 Å². The normalized spacial score (nSPS) is 10.4. The number of nitrogens with one attached hydrogen (secondary N) is 2. The van der Waals surface area contributed by atoms with Crippen molar-refractivity contribution in [2.45, 2.75) is 26.4 Å². The Kier molecular flexibility index (Phi) is 6.29. The van der Waals surface area contributed by atoms with Crippen molar-refractivity contribution in [1.29, 1.82) is 0 Å². The Balaban J connectivity index is 1.75. The fourth-order valence-corrected chi connectivity index (χ4v) is 2.16. The molecule has 0 saturated heterocycles. The van der Waals surface area contributed by atoms with Crippen molar-refractivity contribution in [1.82, 2.24) is 5.32 Å². The molecule has 0 aromatic heterocycles. The second-order valence-corrected chi connectivity index (χ2v) is 5.88. The van der Waals surface area contributed by atoms with E-state index in [1.807, 2.05) is 62.4 Å². The highest BCUT2D eigenvalue weighted by Crippen LogP contribution is 2.16. The minimum Gasteiger partial charge on any atom is -0.491 e. The van der Waals surface area contributed by atoms with Crippen molar-refractivity contribution in [3.8, 4) is 5.75 Å². The fraction of sp³-hybridized carbons (Fsp3) is 0.278. The Hall–Kier alpha value is -2.20. The monoisotopic (exact) mass is 332 g/mol. The zero-order valence-corrected chi connectivity index (χ0v) is 14.1. The third kappa shape index (κ3) is 6.20. The number of benzene rings is 2. The largest absolute Gasteiger partial charge is 0.491 e. The van der Waals surface area contributed by atoms with Crippen molar-refractivity contribution >= 4 is 23.3 Å². The quantitative estimate of drug-likeness (QED) is 0.818. The van der Waals surface area contributed by atoms with Crippen LogP contribution >= 0.6 is 11.6 Å². The fourth-order valence-electron chi connectivity index (χ4n) is 2.04. The molecule has 2 aromatic carbocycles. The molecule has 0 bridgehead atoms. The molecule has 122 valence electrons. The summed E-state index contributed by atoms with van der Waals surface area (Å²) < 4.78 is 5.56. The van der Waals surface area contributed by atoms with Gasteiger partial charge in [0.15, 0.2) is 0 Å². The predicted octanol–water partition coefficient (Wildman–Crippen LogP) is 4.49. The molecule has 0 radical (unpaired) electrons. The van der Waals surface area contributed by atoms with Crippen LogP contribution in [0.15, 0.2) is 48.5 Å². The van der Waals surface area contributed by atoms with Crippen LogP contribution in [0.1, 0.15) is 19.4 Å². The van der Waals surface area contributed by atoms with Gasteiger partial charge in [0.25, 0.3) is 0 Å². The number of halogens is 1. The molecule has 0 unspecified atom stereocenters. The van der Waals surface area contributed by atoms with E-state index in [-0.39, 0.29) is 12.1 Å². The van der Waals surface area contributed by atoms with E-state index in [1.165, 1.54) is 0 Å². The number of ether oxygens (including phenoxy) is 1. The second kappa shape index (κ2) is 8.44. The van der Waals surface area contributed by atoms with E-state index in [0.717, 1.165) is 23.4 Å². The van der Waals surface area contributed by atoms with Gasteiger partial charge >= 0.3 is 6.03 Å². The van der Waals surface area contributed by atoms with Crippen LogP contribution < -0.4 is 15.4 Å². The summed E-state index contributed by atoms with van der Waals surface area (Å²) in [5, 5.41) is 6.33. The van der Waals surface area contributed by atoms with E-state index < -0.39 is 0 Å². The van der Waals surface area contributed by atoms with Gasteiger partial charge in [0.1, 0.15) is 5.75 Å². The summed E-state index contributed by atoms with van der Waals surface area (Å²) in [7, 11) is 0. The number of anilines is 1. The van der Waals surface area contributed by atoms with Crippen molar-refractivity contribution in [2.75, 3.05) is 11.9 Å². The number of rotatable bonds is 6. The number of carbonyl (C=O) groups excluding carboxylic acids is 1. The molecular weight excluding hydrogens is 312 g/mol. The highest BCUT2D eigenvalue weighted by atomic mass is 35.5. The molecular formula is C18H21ClN2O2. The van der Waals surface area contributed by atoms with Gasteiger partial charge in [-0.3, -0.25) is 0 Å². The number of amides is 2. The summed E-state index contributed by atoms with van der Waals surface area (Å²) in [6.07, 6.45) is 0.885. The smallest absolute Gasteiger partial charge is 0.319 e. The second-order valence-electron chi connectivity index (χ2n) is 5.45. The van der Waals surface area contributed by atoms with Crippen LogP contribution in [-0.4, -0.2) is 18.7 Å². The van der Waals surface area contributed by atoms with Crippen LogP contribution in [0.5, 0.6) is 5.75 Å². The van der Waals surface area contributed by atoms with E-state index in [4.69, 9.17) is 16.3 Å². The molecule has 2 aromatic rings. The molecule has 2 amide bonds. The molecule has 23 heavy (non-hydrogen) atoms. The van der Waals surface area contributed by atoms with E-state index in [2.05, 4.69) is 10.6 Å². The lowest BCUT2D eigenvalue weighted by Crippen LogP contribution is -2.30. The summed E-state index contributed by atoms with van der Waals surface area (Å²) in [5.74, 6) is 0.786. The van der Waals surface area contributed by atoms with Gasteiger partial charge in [0, 0.05) is 17.3 Å². The molecule has 2 rings (SSSR count). The highest BCUT2D eigenvalue weighted by Gasteiger charge is 2.03. The number of hydrogen-bond donors (Lipinski definition) is 2. The van der Waals surface area contributed by atoms with Gasteiger partial charge in [0.2, 0.25) is 0 Å². The number of hydrogen-bond acceptors (Lipinski definition) is 2. The number of urea groups is 1. The lowest BCUT2D eigenvalue weighted by Gasteiger charge is -2.11. The van der Waals surface area contributed by atoms with E-state index in [0.29, 0.717) is 11.6 Å². The average Bonchev–Trinajstić information content (AvgIpc) is 2.51. The van der Waals surface area contributed by atoms with Gasteiger partial charge in [-0.15, -0.1) is 0 Å². The maximum Gasteiger partial charge on any atom is 0.319 e. The van der Waals surface area contributed by atoms with Gasteiger partial charge < -0.3 is 15.4 Å². The van der Waals surface area contributed by atoms with Gasteiger partial charge in [-0.25, -0.2) is 4.79 Å². The molecule has 0 atom stereocenters. The summed E-state index contributed by atoms with van der Waals surface area (Å²) in [4.78, 5) is 11.8. The topological polar surface area (TPSA) is 50.4 Å². The Bertz CT molecular complexity index is 624. The standard InChI is InChI=1S/C18H21ClN2O2/c1-13(2)23-17-9-7-16(8-10-17)21-18(22)20-12-11-14-3-5-15(19)6-4-14/h3-10,13H,11-12H2,1-2H3,(H2,20,21,22). The predicted molar refractivity (Wildman–Crippen MR) is 94.4 cm³/mol. The first-order chi connectivity index (χ1) is 11.0. The van der Waals surface area contributed by atoms with Crippen molar-refractivity contribution in [3.05, 3.63) is 59.1 Å². The molecule has 0 spiro atoms. The van der Waals surface area contributed by atoms with Crippen molar-refractivity contribution in [2.24, 2.45) is 0 Å². The molecule has 5 heteroatoms. The minimum absolute atomic E-state index is 0.130. The Morgan fingerprint density at radius 3 is 2.35 bits per heavy atom. The Morgan fingerprint density at radius 1 is 1.09 bits per heavy atom. The zero-order valence-electron chi connectivity index (χ0n) is 13.3. The molecule has 4 nitrogen and oxygen atoms in total. The maximum atomic E-state index is 11.8. The summed E-state index contributed by atoms with van der Waals surface area (Å²) in [6.45, 7) is 4.50. The van der Waals surface area contributed by atoms with E-state index >= 15 is 0 Å². The van der Waals surface area contributed by atoms with Crippen LogP contribution in [0.2, 0.25) is 5.02 Å². The van der Waals surface area contributed by atoms with Crippen molar-refractivity contribution in [3.63, 3.8) is 0 Å². The highest BCUT2D eigenvalue weighted by molar-refractivity contribution is 6.30. The first kappa shape index (κ1) is 17.2. The third-order valence-electron chi connectivity index (χ3n) is 3.10. The molecule has 2 N–H and O–H groups in total. The van der Waals surface area contributed by atoms with Gasteiger partial charge in [-0.1, -0.05) is 23.7 Å². The molecule has 0 saturated carbocycles. The van der Waals surface area contributed by atoms with Crippen LogP contribution in [0.3, 0.4) is 0 Å². The summed E-state index contributed by atoms with van der Waals surface area (Å²) in [5.41, 5.74) is 1.86. The Morgan fingerprint density at radius 2 is 1.74 bits per heavy atom. The molecule has 0 aliphatic carbocycles. The molecule has 0 aliphatic rings. The summed E-state index contributed by atoms with van der Waals surface area (Å²) in [6, 6.07) is 14.7. The van der Waals surface area contributed by atoms with E-state index in [9.17, 15) is 4.79 Å². The van der Waals surface area contributed by atoms with Crippen molar-refractivity contribution < 1.29 is 9.53 Å². The lowest BCUT2D eigenvalue weighted by atomic mass is 10.1. The first-order valence-corrected chi connectivity index (χ1v) is 7.97. The van der Waals surface area contributed by atoms with Crippen LogP contribution in [0, 0.1) is 0 Å². The number of carbonyl (C=O) groups is 1. The van der Waals surface area contributed by atoms with Crippen LogP contribution in [0.25, 0.3) is 0 Å². The van der Waals surface area contributed by atoms with Gasteiger partial charge in [0.05, 0.1) is 6.10 Å². The summed E-state index contributed by atoms with van der Waals surface area (Å²) >= 11 is 5.84. The van der Waals surface area contributed by atoms with E-state index in [1.54, 1.807) is 0 Å². The third-order valence-corrected chi connectivity index (χ3v) is 3.35. The zero-order chi connectivity index (χ0) is 16.7. The Labute approximate surface area is 141 Å². The maximum absolute atomic E-state index is 11.8. The van der Waals surface area contributed by atoms with Crippen LogP contribution in [-0.2, 0) is 6.42 Å². The average molecular weight is 333 g/mol. The first-order valence-electron chi connectivity index (χ1n) is 7.59. The lowest BCUT2D eigenvalue weighted by molar-refractivity contribution is 0.242. The minimum atomic E-state index is -0.225. The molecule has 0 heterocycles.